The fourth-order valence-electron chi connectivity index (χ4n) is 2.34. The predicted molar refractivity (Wildman–Crippen MR) is 79.7 cm³/mol. The Kier molecular flexibility index (Phi) is 3.04. The maximum absolute atomic E-state index is 6.15. The second-order valence-electron chi connectivity index (χ2n) is 4.94. The van der Waals surface area contributed by atoms with Crippen molar-refractivity contribution in [1.29, 1.82) is 0 Å². The fourth-order valence-corrected chi connectivity index (χ4v) is 2.34. The summed E-state index contributed by atoms with van der Waals surface area (Å²) in [7, 11) is 0. The van der Waals surface area contributed by atoms with Crippen LogP contribution < -0.4 is 11.5 Å². The first-order valence-electron chi connectivity index (χ1n) is 6.15. The van der Waals surface area contributed by atoms with Crippen LogP contribution >= 0.6 is 0 Å². The molecule has 0 aromatic heterocycles. The van der Waals surface area contributed by atoms with Crippen LogP contribution in [0, 0.1) is 27.7 Å². The summed E-state index contributed by atoms with van der Waals surface area (Å²) >= 11 is 0. The second kappa shape index (κ2) is 4.37. The first kappa shape index (κ1) is 12.5. The summed E-state index contributed by atoms with van der Waals surface area (Å²) in [4.78, 5) is 0. The topological polar surface area (TPSA) is 52.0 Å². The van der Waals surface area contributed by atoms with Crippen molar-refractivity contribution in [3.63, 3.8) is 0 Å². The Bertz CT molecular complexity index is 557. The molecule has 0 saturated carbocycles. The quantitative estimate of drug-likeness (QED) is 0.746. The number of aryl methyl sites for hydroxylation is 2. The molecule has 0 spiro atoms. The van der Waals surface area contributed by atoms with Gasteiger partial charge in [-0.25, -0.2) is 0 Å². The average molecular weight is 240 g/mol. The summed E-state index contributed by atoms with van der Waals surface area (Å²) in [6, 6.07) is 8.02. The number of nitrogens with two attached hydrogens (primary N) is 2. The molecule has 2 aromatic rings. The lowest BCUT2D eigenvalue weighted by molar-refractivity contribution is 1.30. The molecule has 2 heteroatoms. The van der Waals surface area contributed by atoms with Gasteiger partial charge in [0.2, 0.25) is 0 Å². The molecule has 18 heavy (non-hydrogen) atoms. The molecule has 0 atom stereocenters. The van der Waals surface area contributed by atoms with E-state index in [-0.39, 0.29) is 0 Å². The van der Waals surface area contributed by atoms with Crippen LogP contribution in [0.15, 0.2) is 24.3 Å². The van der Waals surface area contributed by atoms with E-state index in [4.69, 9.17) is 11.5 Å². The third-order valence-electron chi connectivity index (χ3n) is 3.79. The zero-order valence-corrected chi connectivity index (χ0v) is 11.5. The molecule has 2 nitrogen and oxygen atoms in total. The Morgan fingerprint density at radius 2 is 0.944 bits per heavy atom. The van der Waals surface area contributed by atoms with Crippen LogP contribution in [0.1, 0.15) is 22.3 Å². The van der Waals surface area contributed by atoms with Crippen molar-refractivity contribution in [2.75, 3.05) is 11.5 Å². The van der Waals surface area contributed by atoms with Gasteiger partial charge in [0.25, 0.3) is 0 Å². The van der Waals surface area contributed by atoms with Gasteiger partial charge in [0, 0.05) is 22.5 Å². The van der Waals surface area contributed by atoms with Crippen molar-refractivity contribution in [2.45, 2.75) is 27.7 Å². The molecule has 0 heterocycles. The minimum absolute atomic E-state index is 0.790. The number of nitrogen functional groups attached to an aromatic ring is 2. The summed E-state index contributed by atoms with van der Waals surface area (Å²) < 4.78 is 0. The first-order valence-corrected chi connectivity index (χ1v) is 6.15. The lowest BCUT2D eigenvalue weighted by Crippen LogP contribution is -2.01. The predicted octanol–water partition coefficient (Wildman–Crippen LogP) is 3.75. The highest BCUT2D eigenvalue weighted by Crippen LogP contribution is 2.38. The normalized spacial score (nSPS) is 10.7. The van der Waals surface area contributed by atoms with Gasteiger partial charge in [-0.15, -0.1) is 0 Å². The van der Waals surface area contributed by atoms with E-state index < -0.39 is 0 Å². The molecule has 94 valence electrons. The minimum Gasteiger partial charge on any atom is -0.398 e. The zero-order chi connectivity index (χ0) is 13.4. The van der Waals surface area contributed by atoms with Crippen LogP contribution in [0.3, 0.4) is 0 Å². The van der Waals surface area contributed by atoms with Gasteiger partial charge in [0.05, 0.1) is 0 Å². The van der Waals surface area contributed by atoms with E-state index in [0.29, 0.717) is 0 Å². The van der Waals surface area contributed by atoms with Crippen LogP contribution in [0.2, 0.25) is 0 Å². The maximum Gasteiger partial charge on any atom is 0.0397 e. The van der Waals surface area contributed by atoms with Crippen molar-refractivity contribution in [3.8, 4) is 11.1 Å². The molecule has 2 rings (SSSR count). The van der Waals surface area contributed by atoms with Crippen LogP contribution in [0.25, 0.3) is 11.1 Å². The Morgan fingerprint density at radius 3 is 1.28 bits per heavy atom. The van der Waals surface area contributed by atoms with Crippen LogP contribution in [0.4, 0.5) is 11.4 Å². The van der Waals surface area contributed by atoms with Crippen molar-refractivity contribution >= 4 is 11.4 Å². The third kappa shape index (κ3) is 1.84. The van der Waals surface area contributed by atoms with Crippen molar-refractivity contribution in [3.05, 3.63) is 46.5 Å². The lowest BCUT2D eigenvalue weighted by Gasteiger charge is -2.18. The highest BCUT2D eigenvalue weighted by molar-refractivity contribution is 5.89. The highest BCUT2D eigenvalue weighted by Gasteiger charge is 2.14. The van der Waals surface area contributed by atoms with Crippen molar-refractivity contribution in [2.24, 2.45) is 0 Å². The van der Waals surface area contributed by atoms with Crippen LogP contribution in [-0.4, -0.2) is 0 Å². The summed E-state index contributed by atoms with van der Waals surface area (Å²) in [5.41, 5.74) is 20.9. The second-order valence-corrected chi connectivity index (χ2v) is 4.94. The van der Waals surface area contributed by atoms with E-state index in [1.165, 1.54) is 22.3 Å². The number of hydrogen-bond acceptors (Lipinski definition) is 2. The molecule has 4 N–H and O–H groups in total. The van der Waals surface area contributed by atoms with Gasteiger partial charge in [0.1, 0.15) is 0 Å². The molecule has 0 unspecified atom stereocenters. The van der Waals surface area contributed by atoms with Gasteiger partial charge in [-0.1, -0.05) is 12.1 Å². The van der Waals surface area contributed by atoms with Crippen molar-refractivity contribution < 1.29 is 0 Å². The SMILES string of the molecule is Cc1ccc(N)c(-c2c(N)ccc(C)c2C)c1C. The van der Waals surface area contributed by atoms with Gasteiger partial charge >= 0.3 is 0 Å². The van der Waals surface area contributed by atoms with E-state index in [0.717, 1.165) is 22.5 Å². The van der Waals surface area contributed by atoms with Crippen molar-refractivity contribution in [1.82, 2.24) is 0 Å². The summed E-state index contributed by atoms with van der Waals surface area (Å²) in [6.45, 7) is 8.39. The standard InChI is InChI=1S/C16H20N2/c1-9-5-7-13(17)15(11(9)3)16-12(4)10(2)6-8-14(16)18/h5-8H,17-18H2,1-4H3. The number of hydrogen-bond donors (Lipinski definition) is 2. The van der Waals surface area contributed by atoms with Crippen LogP contribution in [-0.2, 0) is 0 Å². The molecule has 0 amide bonds. The summed E-state index contributed by atoms with van der Waals surface area (Å²) in [5, 5.41) is 0. The van der Waals surface area contributed by atoms with Gasteiger partial charge in [-0.3, -0.25) is 0 Å². The van der Waals surface area contributed by atoms with Gasteiger partial charge in [-0.2, -0.15) is 0 Å². The lowest BCUT2D eigenvalue weighted by atomic mass is 9.89. The van der Waals surface area contributed by atoms with E-state index >= 15 is 0 Å². The Morgan fingerprint density at radius 1 is 0.611 bits per heavy atom. The summed E-state index contributed by atoms with van der Waals surface area (Å²) in [5.74, 6) is 0. The van der Waals surface area contributed by atoms with Gasteiger partial charge in [0.15, 0.2) is 0 Å². The van der Waals surface area contributed by atoms with E-state index in [9.17, 15) is 0 Å². The molecule has 0 bridgehead atoms. The molecule has 0 aliphatic heterocycles. The monoisotopic (exact) mass is 240 g/mol. The summed E-state index contributed by atoms with van der Waals surface area (Å²) in [6.07, 6.45) is 0. The molecular formula is C16H20N2. The van der Waals surface area contributed by atoms with Crippen LogP contribution in [0.5, 0.6) is 0 Å². The number of anilines is 2. The van der Waals surface area contributed by atoms with Gasteiger partial charge < -0.3 is 11.5 Å². The zero-order valence-electron chi connectivity index (χ0n) is 11.5. The maximum atomic E-state index is 6.15. The van der Waals surface area contributed by atoms with Gasteiger partial charge in [-0.05, 0) is 62.1 Å². The van der Waals surface area contributed by atoms with E-state index in [2.05, 4.69) is 39.8 Å². The molecule has 0 aliphatic carbocycles. The Hall–Kier alpha value is -1.96. The first-order chi connectivity index (χ1) is 8.43. The largest absolute Gasteiger partial charge is 0.398 e. The third-order valence-corrected chi connectivity index (χ3v) is 3.79. The number of rotatable bonds is 1. The minimum atomic E-state index is 0.790. The highest BCUT2D eigenvalue weighted by atomic mass is 14.6. The number of benzene rings is 2. The molecular weight excluding hydrogens is 220 g/mol. The molecule has 2 aromatic carbocycles. The van der Waals surface area contributed by atoms with E-state index in [1.807, 2.05) is 12.1 Å². The Labute approximate surface area is 109 Å². The fraction of sp³-hybridized carbons (Fsp3) is 0.250. The average Bonchev–Trinajstić information content (AvgIpc) is 2.33. The smallest absolute Gasteiger partial charge is 0.0397 e. The molecule has 0 fully saturated rings. The molecule has 0 aliphatic rings. The Balaban J connectivity index is 2.85. The van der Waals surface area contributed by atoms with E-state index in [1.54, 1.807) is 0 Å². The molecule has 0 radical (unpaired) electrons. The molecule has 0 saturated heterocycles.